The molecule has 0 aliphatic rings. The van der Waals surface area contributed by atoms with E-state index < -0.39 is 0 Å². The molecule has 0 saturated carbocycles. The van der Waals surface area contributed by atoms with Gasteiger partial charge < -0.3 is 16.2 Å². The van der Waals surface area contributed by atoms with Crippen molar-refractivity contribution in [2.24, 2.45) is 5.92 Å². The van der Waals surface area contributed by atoms with E-state index in [-0.39, 0.29) is 6.61 Å². The van der Waals surface area contributed by atoms with Crippen LogP contribution >= 0.6 is 0 Å². The molecular weight excluding hydrogens is 200 g/mol. The number of nitrogens with two attached hydrogens (primary N) is 1. The van der Waals surface area contributed by atoms with Crippen LogP contribution in [0.25, 0.3) is 0 Å². The standard InChI is InChI=1S/C13H22N2O/c1-3-11(6-7-16)9-15-13-5-4-12(14)8-10(13)2/h4-5,8,11,15-16H,3,6-7,9,14H2,1-2H3. The van der Waals surface area contributed by atoms with Crippen molar-refractivity contribution in [3.05, 3.63) is 23.8 Å². The van der Waals surface area contributed by atoms with E-state index >= 15 is 0 Å². The Morgan fingerprint density at radius 1 is 1.44 bits per heavy atom. The zero-order chi connectivity index (χ0) is 12.0. The molecule has 3 nitrogen and oxygen atoms in total. The maximum Gasteiger partial charge on any atom is 0.0434 e. The summed E-state index contributed by atoms with van der Waals surface area (Å²) in [5, 5.41) is 12.3. The van der Waals surface area contributed by atoms with Crippen LogP contribution < -0.4 is 11.1 Å². The molecule has 0 aromatic heterocycles. The Hall–Kier alpha value is -1.22. The molecule has 1 unspecified atom stereocenters. The van der Waals surface area contributed by atoms with Crippen LogP contribution in [0.3, 0.4) is 0 Å². The molecule has 3 heteroatoms. The first kappa shape index (κ1) is 12.8. The van der Waals surface area contributed by atoms with Gasteiger partial charge in [-0.25, -0.2) is 0 Å². The van der Waals surface area contributed by atoms with Gasteiger partial charge >= 0.3 is 0 Å². The summed E-state index contributed by atoms with van der Waals surface area (Å²) in [6.07, 6.45) is 1.94. The van der Waals surface area contributed by atoms with Gasteiger partial charge in [0.2, 0.25) is 0 Å². The summed E-state index contributed by atoms with van der Waals surface area (Å²) < 4.78 is 0. The number of nitrogen functional groups attached to an aromatic ring is 1. The number of nitrogens with one attached hydrogen (secondary N) is 1. The van der Waals surface area contributed by atoms with Crippen molar-refractivity contribution in [1.82, 2.24) is 0 Å². The van der Waals surface area contributed by atoms with Crippen LogP contribution in [0.1, 0.15) is 25.3 Å². The number of hydrogen-bond acceptors (Lipinski definition) is 3. The summed E-state index contributed by atoms with van der Waals surface area (Å²) in [7, 11) is 0. The highest BCUT2D eigenvalue weighted by molar-refractivity contribution is 5.57. The second kappa shape index (κ2) is 6.38. The van der Waals surface area contributed by atoms with E-state index in [1.165, 1.54) is 5.56 Å². The molecule has 1 atom stereocenters. The Kier molecular flexibility index (Phi) is 5.12. The molecular formula is C13H22N2O. The molecule has 16 heavy (non-hydrogen) atoms. The Balaban J connectivity index is 2.53. The van der Waals surface area contributed by atoms with E-state index in [2.05, 4.69) is 12.2 Å². The zero-order valence-electron chi connectivity index (χ0n) is 10.2. The minimum atomic E-state index is 0.265. The number of benzene rings is 1. The second-order valence-electron chi connectivity index (χ2n) is 4.24. The molecule has 0 amide bonds. The minimum absolute atomic E-state index is 0.265. The maximum absolute atomic E-state index is 8.91. The first-order valence-corrected chi connectivity index (χ1v) is 5.88. The normalized spacial score (nSPS) is 12.4. The van der Waals surface area contributed by atoms with Gasteiger partial charge in [-0.1, -0.05) is 13.3 Å². The number of rotatable bonds is 6. The lowest BCUT2D eigenvalue weighted by atomic mass is 10.0. The van der Waals surface area contributed by atoms with Crippen molar-refractivity contribution in [2.75, 3.05) is 24.2 Å². The quantitative estimate of drug-likeness (QED) is 0.648. The Morgan fingerprint density at radius 3 is 2.75 bits per heavy atom. The van der Waals surface area contributed by atoms with E-state index in [9.17, 15) is 0 Å². The molecule has 90 valence electrons. The largest absolute Gasteiger partial charge is 0.399 e. The van der Waals surface area contributed by atoms with Crippen molar-refractivity contribution in [3.63, 3.8) is 0 Å². The summed E-state index contributed by atoms with van der Waals surface area (Å²) in [5.41, 5.74) is 8.79. The van der Waals surface area contributed by atoms with Gasteiger partial charge in [0, 0.05) is 24.5 Å². The van der Waals surface area contributed by atoms with Crippen LogP contribution in [-0.4, -0.2) is 18.3 Å². The highest BCUT2D eigenvalue weighted by atomic mass is 16.3. The number of aryl methyl sites for hydroxylation is 1. The molecule has 0 aliphatic carbocycles. The lowest BCUT2D eigenvalue weighted by molar-refractivity contribution is 0.258. The van der Waals surface area contributed by atoms with Crippen LogP contribution in [0.15, 0.2) is 18.2 Å². The number of aliphatic hydroxyl groups excluding tert-OH is 1. The zero-order valence-corrected chi connectivity index (χ0v) is 10.2. The summed E-state index contributed by atoms with van der Waals surface area (Å²) in [5.74, 6) is 0.530. The van der Waals surface area contributed by atoms with Gasteiger partial charge in [-0.05, 0) is 43.0 Å². The number of anilines is 2. The third-order valence-corrected chi connectivity index (χ3v) is 2.95. The summed E-state index contributed by atoms with van der Waals surface area (Å²) >= 11 is 0. The molecule has 4 N–H and O–H groups in total. The molecule has 0 fully saturated rings. The molecule has 0 aliphatic heterocycles. The van der Waals surface area contributed by atoms with E-state index in [4.69, 9.17) is 10.8 Å². The average molecular weight is 222 g/mol. The molecule has 1 aromatic rings. The van der Waals surface area contributed by atoms with Crippen molar-refractivity contribution < 1.29 is 5.11 Å². The van der Waals surface area contributed by atoms with E-state index in [1.807, 2.05) is 25.1 Å². The average Bonchev–Trinajstić information content (AvgIpc) is 2.26. The third kappa shape index (κ3) is 3.74. The minimum Gasteiger partial charge on any atom is -0.399 e. The van der Waals surface area contributed by atoms with Crippen LogP contribution in [-0.2, 0) is 0 Å². The van der Waals surface area contributed by atoms with Crippen molar-refractivity contribution in [1.29, 1.82) is 0 Å². The summed E-state index contributed by atoms with van der Waals surface area (Å²) in [6, 6.07) is 5.88. The van der Waals surface area contributed by atoms with Gasteiger partial charge in [0.25, 0.3) is 0 Å². The number of hydrogen-bond donors (Lipinski definition) is 3. The number of aliphatic hydroxyl groups is 1. The van der Waals surface area contributed by atoms with Gasteiger partial charge in [-0.15, -0.1) is 0 Å². The fourth-order valence-electron chi connectivity index (χ4n) is 1.77. The first-order chi connectivity index (χ1) is 7.67. The van der Waals surface area contributed by atoms with Gasteiger partial charge in [0.1, 0.15) is 0 Å². The second-order valence-corrected chi connectivity index (χ2v) is 4.24. The Morgan fingerprint density at radius 2 is 2.19 bits per heavy atom. The molecule has 0 bridgehead atoms. The molecule has 0 saturated heterocycles. The first-order valence-electron chi connectivity index (χ1n) is 5.88. The van der Waals surface area contributed by atoms with Crippen molar-refractivity contribution >= 4 is 11.4 Å². The summed E-state index contributed by atoms with van der Waals surface area (Å²) in [6.45, 7) is 5.37. The highest BCUT2D eigenvalue weighted by Crippen LogP contribution is 2.18. The van der Waals surface area contributed by atoms with E-state index in [0.717, 1.165) is 30.8 Å². The van der Waals surface area contributed by atoms with Gasteiger partial charge in [0.05, 0.1) is 0 Å². The van der Waals surface area contributed by atoms with Crippen LogP contribution in [0.2, 0.25) is 0 Å². The van der Waals surface area contributed by atoms with Gasteiger partial charge in [-0.3, -0.25) is 0 Å². The van der Waals surface area contributed by atoms with Crippen LogP contribution in [0.4, 0.5) is 11.4 Å². The van der Waals surface area contributed by atoms with E-state index in [0.29, 0.717) is 5.92 Å². The topological polar surface area (TPSA) is 58.3 Å². The predicted molar refractivity (Wildman–Crippen MR) is 69.6 cm³/mol. The smallest absolute Gasteiger partial charge is 0.0434 e. The highest BCUT2D eigenvalue weighted by Gasteiger charge is 2.06. The Labute approximate surface area is 97.7 Å². The predicted octanol–water partition coefficient (Wildman–Crippen LogP) is 2.40. The molecule has 1 aromatic carbocycles. The summed E-state index contributed by atoms with van der Waals surface area (Å²) in [4.78, 5) is 0. The van der Waals surface area contributed by atoms with Crippen molar-refractivity contribution in [2.45, 2.75) is 26.7 Å². The van der Waals surface area contributed by atoms with Crippen LogP contribution in [0, 0.1) is 12.8 Å². The van der Waals surface area contributed by atoms with Crippen LogP contribution in [0.5, 0.6) is 0 Å². The lowest BCUT2D eigenvalue weighted by Crippen LogP contribution is -2.15. The molecule has 0 heterocycles. The fraction of sp³-hybridized carbons (Fsp3) is 0.538. The van der Waals surface area contributed by atoms with Gasteiger partial charge in [-0.2, -0.15) is 0 Å². The molecule has 0 spiro atoms. The third-order valence-electron chi connectivity index (χ3n) is 2.95. The van der Waals surface area contributed by atoms with Gasteiger partial charge in [0.15, 0.2) is 0 Å². The monoisotopic (exact) mass is 222 g/mol. The van der Waals surface area contributed by atoms with Crippen molar-refractivity contribution in [3.8, 4) is 0 Å². The lowest BCUT2D eigenvalue weighted by Gasteiger charge is -2.16. The molecule has 1 rings (SSSR count). The molecule has 0 radical (unpaired) electrons. The maximum atomic E-state index is 8.91. The fourth-order valence-corrected chi connectivity index (χ4v) is 1.77. The Bertz CT molecular complexity index is 326. The SMILES string of the molecule is CCC(CCO)CNc1ccc(N)cc1C. The van der Waals surface area contributed by atoms with E-state index in [1.54, 1.807) is 0 Å².